The highest BCUT2D eigenvalue weighted by Gasteiger charge is 2.17. The number of nitrogens with two attached hydrogens (primary N) is 1. The molecule has 1 unspecified atom stereocenters. The van der Waals surface area contributed by atoms with Crippen molar-refractivity contribution >= 4 is 22.4 Å². The van der Waals surface area contributed by atoms with Gasteiger partial charge in [-0.1, -0.05) is 6.42 Å². The lowest BCUT2D eigenvalue weighted by molar-refractivity contribution is 0.0921. The lowest BCUT2D eigenvalue weighted by Gasteiger charge is -2.29. The van der Waals surface area contributed by atoms with Gasteiger partial charge in [-0.25, -0.2) is 4.98 Å². The van der Waals surface area contributed by atoms with E-state index in [0.717, 1.165) is 30.9 Å². The van der Waals surface area contributed by atoms with Crippen LogP contribution in [0.2, 0.25) is 0 Å². The van der Waals surface area contributed by atoms with E-state index in [0.29, 0.717) is 10.8 Å². The summed E-state index contributed by atoms with van der Waals surface area (Å²) in [5.41, 5.74) is 7.88. The predicted octanol–water partition coefficient (Wildman–Crippen LogP) is 2.32. The molecule has 1 aliphatic rings. The van der Waals surface area contributed by atoms with Crippen molar-refractivity contribution in [3.8, 4) is 11.3 Å². The first-order valence-corrected chi connectivity index (χ1v) is 8.93. The van der Waals surface area contributed by atoms with Crippen LogP contribution in [0, 0.1) is 0 Å². The van der Waals surface area contributed by atoms with E-state index in [1.54, 1.807) is 6.20 Å². The second kappa shape index (κ2) is 7.14. The second-order valence-electron chi connectivity index (χ2n) is 6.11. The molecule has 3 rings (SSSR count). The molecular weight excluding hydrogens is 310 g/mol. The Kier molecular flexibility index (Phi) is 4.97. The minimum Gasteiger partial charge on any atom is -0.375 e. The van der Waals surface area contributed by atoms with E-state index in [1.165, 1.54) is 30.6 Å². The van der Waals surface area contributed by atoms with Gasteiger partial charge in [-0.2, -0.15) is 0 Å². The van der Waals surface area contributed by atoms with Crippen molar-refractivity contribution in [1.82, 2.24) is 20.2 Å². The number of nitrogens with zero attached hydrogens (tertiary/aromatic N) is 2. The van der Waals surface area contributed by atoms with Gasteiger partial charge in [0.2, 0.25) is 0 Å². The topological polar surface area (TPSA) is 87.0 Å². The highest BCUT2D eigenvalue weighted by molar-refractivity contribution is 7.13. The highest BCUT2D eigenvalue weighted by atomic mass is 32.1. The molecule has 0 bridgehead atoms. The number of carbonyl (C=O) groups excluding carboxylic acids is 1. The number of nitrogen functional groups attached to an aromatic ring is 1. The Morgan fingerprint density at radius 1 is 1.48 bits per heavy atom. The molecule has 1 aliphatic heterocycles. The summed E-state index contributed by atoms with van der Waals surface area (Å²) in [6.45, 7) is 5.23. The Morgan fingerprint density at radius 3 is 2.96 bits per heavy atom. The fraction of sp³-hybridized carbons (Fsp3) is 0.500. The standard InChI is InChI=1S/C16H23N5OS/c1-11(9-21-5-3-2-4-6-21)19-15(22)13-7-12(8-18-13)14-10-23-16(17)20-14/h7-8,10-11,18H,2-6,9H2,1H3,(H2,17,20)(H,19,22). The van der Waals surface area contributed by atoms with E-state index in [1.807, 2.05) is 11.4 Å². The normalized spacial score (nSPS) is 17.1. The molecular formula is C16H23N5OS. The quantitative estimate of drug-likeness (QED) is 0.784. The summed E-state index contributed by atoms with van der Waals surface area (Å²) in [4.78, 5) is 22.0. The molecule has 1 saturated heterocycles. The van der Waals surface area contributed by atoms with Crippen molar-refractivity contribution in [1.29, 1.82) is 0 Å². The Bertz CT molecular complexity index is 659. The molecule has 0 radical (unpaired) electrons. The van der Waals surface area contributed by atoms with Gasteiger partial charge < -0.3 is 20.9 Å². The van der Waals surface area contributed by atoms with Crippen LogP contribution < -0.4 is 11.1 Å². The van der Waals surface area contributed by atoms with Crippen molar-refractivity contribution in [2.24, 2.45) is 0 Å². The zero-order valence-electron chi connectivity index (χ0n) is 13.3. The second-order valence-corrected chi connectivity index (χ2v) is 7.00. The maximum Gasteiger partial charge on any atom is 0.267 e. The number of H-pyrrole nitrogens is 1. The Balaban J connectivity index is 1.56. The average Bonchev–Trinajstić information content (AvgIpc) is 3.16. The van der Waals surface area contributed by atoms with Crippen LogP contribution in [0.5, 0.6) is 0 Å². The lowest BCUT2D eigenvalue weighted by Crippen LogP contribution is -2.43. The van der Waals surface area contributed by atoms with Crippen LogP contribution in [0.25, 0.3) is 11.3 Å². The third-order valence-electron chi connectivity index (χ3n) is 4.10. The number of piperidine rings is 1. The van der Waals surface area contributed by atoms with Crippen LogP contribution in [0.4, 0.5) is 5.13 Å². The van der Waals surface area contributed by atoms with E-state index >= 15 is 0 Å². The number of hydrogen-bond donors (Lipinski definition) is 3. The van der Waals surface area contributed by atoms with Gasteiger partial charge in [-0.3, -0.25) is 4.79 Å². The Labute approximate surface area is 140 Å². The fourth-order valence-corrected chi connectivity index (χ4v) is 3.54. The van der Waals surface area contributed by atoms with E-state index in [-0.39, 0.29) is 11.9 Å². The average molecular weight is 333 g/mol. The zero-order valence-corrected chi connectivity index (χ0v) is 14.2. The maximum absolute atomic E-state index is 12.3. The molecule has 1 atom stereocenters. The summed E-state index contributed by atoms with van der Waals surface area (Å²) in [5.74, 6) is -0.0797. The van der Waals surface area contributed by atoms with E-state index in [2.05, 4.69) is 27.1 Å². The van der Waals surface area contributed by atoms with Crippen molar-refractivity contribution in [3.63, 3.8) is 0 Å². The van der Waals surface area contributed by atoms with Gasteiger partial charge in [0, 0.05) is 29.7 Å². The molecule has 23 heavy (non-hydrogen) atoms. The molecule has 7 heteroatoms. The largest absolute Gasteiger partial charge is 0.375 e. The summed E-state index contributed by atoms with van der Waals surface area (Å²) in [7, 11) is 0. The summed E-state index contributed by atoms with van der Waals surface area (Å²) >= 11 is 1.39. The number of aromatic nitrogens is 2. The fourth-order valence-electron chi connectivity index (χ4n) is 2.97. The molecule has 6 nitrogen and oxygen atoms in total. The van der Waals surface area contributed by atoms with Crippen molar-refractivity contribution < 1.29 is 4.79 Å². The predicted molar refractivity (Wildman–Crippen MR) is 93.5 cm³/mol. The zero-order chi connectivity index (χ0) is 16.2. The number of carbonyl (C=O) groups is 1. The molecule has 0 saturated carbocycles. The maximum atomic E-state index is 12.3. The molecule has 3 heterocycles. The number of hydrogen-bond acceptors (Lipinski definition) is 5. The molecule has 0 aromatic carbocycles. The summed E-state index contributed by atoms with van der Waals surface area (Å²) in [6.07, 6.45) is 5.64. The first kappa shape index (κ1) is 16.0. The minimum absolute atomic E-state index is 0.0797. The third-order valence-corrected chi connectivity index (χ3v) is 4.78. The Hall–Kier alpha value is -1.86. The van der Waals surface area contributed by atoms with Gasteiger partial charge in [0.05, 0.1) is 5.69 Å². The summed E-state index contributed by atoms with van der Waals surface area (Å²) in [6, 6.07) is 1.94. The number of anilines is 1. The van der Waals surface area contributed by atoms with Crippen LogP contribution >= 0.6 is 11.3 Å². The van der Waals surface area contributed by atoms with Crippen LogP contribution in [0.3, 0.4) is 0 Å². The van der Waals surface area contributed by atoms with E-state index < -0.39 is 0 Å². The third kappa shape index (κ3) is 4.11. The van der Waals surface area contributed by atoms with Crippen molar-refractivity contribution in [2.75, 3.05) is 25.4 Å². The van der Waals surface area contributed by atoms with Crippen LogP contribution in [-0.2, 0) is 0 Å². The van der Waals surface area contributed by atoms with Gasteiger partial charge in [-0.05, 0) is 38.9 Å². The van der Waals surface area contributed by atoms with Crippen molar-refractivity contribution in [3.05, 3.63) is 23.3 Å². The lowest BCUT2D eigenvalue weighted by atomic mass is 10.1. The summed E-state index contributed by atoms with van der Waals surface area (Å²) in [5, 5.41) is 5.48. The van der Waals surface area contributed by atoms with Crippen LogP contribution in [-0.4, -0.2) is 46.5 Å². The number of thiazole rings is 1. The summed E-state index contributed by atoms with van der Waals surface area (Å²) < 4.78 is 0. The smallest absolute Gasteiger partial charge is 0.267 e. The molecule has 0 spiro atoms. The SMILES string of the molecule is CC(CN1CCCCC1)NC(=O)c1cc(-c2csc(N)n2)c[nH]1. The van der Waals surface area contributed by atoms with E-state index in [4.69, 9.17) is 5.73 Å². The molecule has 2 aromatic heterocycles. The number of nitrogens with one attached hydrogen (secondary N) is 2. The first-order chi connectivity index (χ1) is 11.1. The molecule has 1 amide bonds. The number of aromatic amines is 1. The highest BCUT2D eigenvalue weighted by Crippen LogP contribution is 2.23. The number of amides is 1. The van der Waals surface area contributed by atoms with Crippen LogP contribution in [0.1, 0.15) is 36.7 Å². The van der Waals surface area contributed by atoms with Gasteiger partial charge in [0.15, 0.2) is 5.13 Å². The number of likely N-dealkylation sites (tertiary alicyclic amines) is 1. The van der Waals surface area contributed by atoms with Gasteiger partial charge in [0.1, 0.15) is 5.69 Å². The van der Waals surface area contributed by atoms with Crippen molar-refractivity contribution in [2.45, 2.75) is 32.2 Å². The molecule has 2 aromatic rings. The van der Waals surface area contributed by atoms with Gasteiger partial charge in [-0.15, -0.1) is 11.3 Å². The molecule has 1 fully saturated rings. The van der Waals surface area contributed by atoms with Crippen LogP contribution in [0.15, 0.2) is 17.6 Å². The van der Waals surface area contributed by atoms with Gasteiger partial charge in [0.25, 0.3) is 5.91 Å². The van der Waals surface area contributed by atoms with E-state index in [9.17, 15) is 4.79 Å². The Morgan fingerprint density at radius 2 is 2.26 bits per heavy atom. The molecule has 124 valence electrons. The molecule has 0 aliphatic carbocycles. The number of rotatable bonds is 5. The monoisotopic (exact) mass is 333 g/mol. The minimum atomic E-state index is -0.0797. The molecule has 4 N–H and O–H groups in total. The first-order valence-electron chi connectivity index (χ1n) is 8.05. The van der Waals surface area contributed by atoms with Gasteiger partial charge >= 0.3 is 0 Å².